The van der Waals surface area contributed by atoms with Crippen LogP contribution in [0.5, 0.6) is 5.75 Å². The lowest BCUT2D eigenvalue weighted by Crippen LogP contribution is -2.35. The minimum Gasteiger partial charge on any atom is -0.493 e. The van der Waals surface area contributed by atoms with Gasteiger partial charge in [0.15, 0.2) is 0 Å². The highest BCUT2D eigenvalue weighted by Crippen LogP contribution is 2.36. The van der Waals surface area contributed by atoms with Gasteiger partial charge in [0.2, 0.25) is 11.7 Å². The Morgan fingerprint density at radius 3 is 2.76 bits per heavy atom. The number of anilines is 1. The molecule has 0 atom stereocenters. The second kappa shape index (κ2) is 11.8. The van der Waals surface area contributed by atoms with Crippen LogP contribution in [0, 0.1) is 13.8 Å². The summed E-state index contributed by atoms with van der Waals surface area (Å²) in [5.41, 5.74) is 8.69. The van der Waals surface area contributed by atoms with Crippen LogP contribution < -0.4 is 9.64 Å². The normalized spacial score (nSPS) is 12.8. The number of hydrogen-bond donors (Lipinski definition) is 1. The van der Waals surface area contributed by atoms with E-state index in [4.69, 9.17) is 4.74 Å². The number of benzene rings is 3. The Hall–Kier alpha value is -4.79. The molecule has 0 fully saturated rings. The van der Waals surface area contributed by atoms with Crippen molar-refractivity contribution in [3.05, 3.63) is 95.3 Å². The first-order valence-electron chi connectivity index (χ1n) is 14.0. The third kappa shape index (κ3) is 5.61. The van der Waals surface area contributed by atoms with E-state index >= 15 is 0 Å². The monoisotopic (exact) mass is 547 g/mol. The van der Waals surface area contributed by atoms with Crippen molar-refractivity contribution in [2.75, 3.05) is 18.1 Å². The SMILES string of the molecule is Cc1cccc(OCCCC(=O)N2CCCc3c(-c4cnn(Cc5ccccc5-c5nn[nH]n5)c4)cccc32)c1C. The molecule has 5 aromatic rings. The highest BCUT2D eigenvalue weighted by atomic mass is 16.5. The zero-order chi connectivity index (χ0) is 28.2. The standard InChI is InChI=1S/C32H33N7O2/c1-22-9-5-15-30(23(22)2)41-18-8-16-31(40)39-17-7-13-28-26(12-6-14-29(28)39)25-19-33-38(21-25)20-24-10-3-4-11-27(24)32-34-36-37-35-32/h3-6,9-12,14-15,19,21H,7-8,13,16-18,20H2,1-2H3,(H,34,35,36,37). The molecule has 0 saturated heterocycles. The molecule has 0 saturated carbocycles. The summed E-state index contributed by atoms with van der Waals surface area (Å²) in [6.07, 6.45) is 6.95. The number of carbonyl (C=O) groups excluding carboxylic acids is 1. The van der Waals surface area contributed by atoms with Gasteiger partial charge in [0.05, 0.1) is 19.3 Å². The summed E-state index contributed by atoms with van der Waals surface area (Å²) < 4.78 is 7.91. The minimum absolute atomic E-state index is 0.140. The van der Waals surface area contributed by atoms with Crippen LogP contribution in [0.25, 0.3) is 22.5 Å². The van der Waals surface area contributed by atoms with E-state index < -0.39 is 0 Å². The molecule has 9 nitrogen and oxygen atoms in total. The van der Waals surface area contributed by atoms with Crippen LogP contribution in [-0.4, -0.2) is 49.5 Å². The molecular weight excluding hydrogens is 514 g/mol. The van der Waals surface area contributed by atoms with E-state index in [1.807, 2.05) is 58.2 Å². The number of nitrogens with one attached hydrogen (secondary N) is 1. The number of fused-ring (bicyclic) bond motifs is 1. The van der Waals surface area contributed by atoms with Gasteiger partial charge in [-0.05, 0) is 78.3 Å². The number of aromatic amines is 1. The van der Waals surface area contributed by atoms with E-state index in [1.165, 1.54) is 11.1 Å². The molecule has 2 aromatic heterocycles. The summed E-state index contributed by atoms with van der Waals surface area (Å²) in [6.45, 7) is 5.98. The first kappa shape index (κ1) is 26.4. The van der Waals surface area contributed by atoms with E-state index in [9.17, 15) is 4.79 Å². The highest BCUT2D eigenvalue weighted by Gasteiger charge is 2.25. The third-order valence-electron chi connectivity index (χ3n) is 7.78. The fraction of sp³-hybridized carbons (Fsp3) is 0.281. The van der Waals surface area contributed by atoms with Gasteiger partial charge >= 0.3 is 0 Å². The Labute approximate surface area is 239 Å². The number of nitrogens with zero attached hydrogens (tertiary/aromatic N) is 6. The number of H-pyrrole nitrogens is 1. The minimum atomic E-state index is 0.140. The number of carbonyl (C=O) groups is 1. The molecule has 0 unspecified atom stereocenters. The Kier molecular flexibility index (Phi) is 7.58. The molecule has 208 valence electrons. The van der Waals surface area contributed by atoms with Crippen molar-refractivity contribution in [3.63, 3.8) is 0 Å². The predicted molar refractivity (Wildman–Crippen MR) is 158 cm³/mol. The second-order valence-electron chi connectivity index (χ2n) is 10.4. The molecule has 0 aliphatic carbocycles. The van der Waals surface area contributed by atoms with Gasteiger partial charge in [-0.25, -0.2) is 0 Å². The molecule has 0 spiro atoms. The molecule has 6 rings (SSSR count). The van der Waals surface area contributed by atoms with Crippen molar-refractivity contribution in [1.29, 1.82) is 0 Å². The molecule has 3 aromatic carbocycles. The number of rotatable bonds is 9. The maximum atomic E-state index is 13.3. The van der Waals surface area contributed by atoms with Crippen molar-refractivity contribution < 1.29 is 9.53 Å². The summed E-state index contributed by atoms with van der Waals surface area (Å²) in [6, 6.07) is 20.3. The van der Waals surface area contributed by atoms with Gasteiger partial charge in [0.25, 0.3) is 0 Å². The number of amides is 1. The predicted octanol–water partition coefficient (Wildman–Crippen LogP) is 5.53. The lowest BCUT2D eigenvalue weighted by Gasteiger charge is -2.31. The lowest BCUT2D eigenvalue weighted by atomic mass is 9.93. The van der Waals surface area contributed by atoms with E-state index in [0.717, 1.165) is 58.6 Å². The Balaban J connectivity index is 1.15. The topological polar surface area (TPSA) is 102 Å². The second-order valence-corrected chi connectivity index (χ2v) is 10.4. The molecule has 41 heavy (non-hydrogen) atoms. The Morgan fingerprint density at radius 1 is 1.02 bits per heavy atom. The summed E-state index contributed by atoms with van der Waals surface area (Å²) in [5.74, 6) is 1.59. The molecule has 0 bridgehead atoms. The zero-order valence-corrected chi connectivity index (χ0v) is 23.4. The lowest BCUT2D eigenvalue weighted by molar-refractivity contribution is -0.118. The smallest absolute Gasteiger partial charge is 0.227 e. The van der Waals surface area contributed by atoms with Crippen molar-refractivity contribution >= 4 is 11.6 Å². The molecule has 1 N–H and O–H groups in total. The largest absolute Gasteiger partial charge is 0.493 e. The molecule has 1 amide bonds. The van der Waals surface area contributed by atoms with Gasteiger partial charge in [0, 0.05) is 36.0 Å². The van der Waals surface area contributed by atoms with Crippen LogP contribution in [0.3, 0.4) is 0 Å². The highest BCUT2D eigenvalue weighted by molar-refractivity contribution is 5.96. The number of ether oxygens (including phenoxy) is 1. The van der Waals surface area contributed by atoms with E-state index in [-0.39, 0.29) is 5.91 Å². The van der Waals surface area contributed by atoms with Crippen LogP contribution in [0.15, 0.2) is 73.1 Å². The van der Waals surface area contributed by atoms with E-state index in [1.54, 1.807) is 0 Å². The Bertz CT molecular complexity index is 1660. The summed E-state index contributed by atoms with van der Waals surface area (Å²) in [4.78, 5) is 15.3. The first-order valence-corrected chi connectivity index (χ1v) is 14.0. The van der Waals surface area contributed by atoms with Gasteiger partial charge in [-0.15, -0.1) is 10.2 Å². The average molecular weight is 548 g/mol. The van der Waals surface area contributed by atoms with Crippen LogP contribution in [0.2, 0.25) is 0 Å². The summed E-state index contributed by atoms with van der Waals surface area (Å²) >= 11 is 0. The van der Waals surface area contributed by atoms with Crippen LogP contribution in [0.1, 0.15) is 41.5 Å². The average Bonchev–Trinajstić information content (AvgIpc) is 3.70. The molecule has 3 heterocycles. The van der Waals surface area contributed by atoms with Gasteiger partial charge in [-0.2, -0.15) is 10.3 Å². The fourth-order valence-electron chi connectivity index (χ4n) is 5.49. The number of aromatic nitrogens is 6. The van der Waals surface area contributed by atoms with Crippen LogP contribution in [-0.2, 0) is 17.8 Å². The zero-order valence-electron chi connectivity index (χ0n) is 23.4. The van der Waals surface area contributed by atoms with Crippen LogP contribution in [0.4, 0.5) is 5.69 Å². The number of tetrazole rings is 1. The molecule has 1 aliphatic heterocycles. The van der Waals surface area contributed by atoms with Crippen molar-refractivity contribution in [2.45, 2.75) is 46.1 Å². The van der Waals surface area contributed by atoms with Gasteiger partial charge in [0.1, 0.15) is 5.75 Å². The van der Waals surface area contributed by atoms with Crippen molar-refractivity contribution in [2.24, 2.45) is 0 Å². The summed E-state index contributed by atoms with van der Waals surface area (Å²) in [7, 11) is 0. The summed E-state index contributed by atoms with van der Waals surface area (Å²) in [5, 5.41) is 19.2. The van der Waals surface area contributed by atoms with Crippen molar-refractivity contribution in [1.82, 2.24) is 30.4 Å². The van der Waals surface area contributed by atoms with Gasteiger partial charge in [-0.1, -0.05) is 48.5 Å². The van der Waals surface area contributed by atoms with Crippen molar-refractivity contribution in [3.8, 4) is 28.3 Å². The Morgan fingerprint density at radius 2 is 1.88 bits per heavy atom. The van der Waals surface area contributed by atoms with Crippen LogP contribution >= 0.6 is 0 Å². The van der Waals surface area contributed by atoms with Gasteiger partial charge in [-0.3, -0.25) is 9.48 Å². The quantitative estimate of drug-likeness (QED) is 0.243. The number of hydrogen-bond acceptors (Lipinski definition) is 6. The molecular formula is C32H33N7O2. The molecule has 0 radical (unpaired) electrons. The van der Waals surface area contributed by atoms with E-state index in [0.29, 0.717) is 31.8 Å². The third-order valence-corrected chi connectivity index (χ3v) is 7.78. The maximum Gasteiger partial charge on any atom is 0.227 e. The fourth-order valence-corrected chi connectivity index (χ4v) is 5.49. The maximum absolute atomic E-state index is 13.3. The van der Waals surface area contributed by atoms with E-state index in [2.05, 4.69) is 64.0 Å². The van der Waals surface area contributed by atoms with Gasteiger partial charge < -0.3 is 9.64 Å². The number of aryl methyl sites for hydroxylation is 1. The first-order chi connectivity index (χ1) is 20.1. The molecule has 1 aliphatic rings. The molecule has 9 heteroatoms.